The molecule has 0 saturated carbocycles. The molecule has 2 N–H and O–H groups in total. The molecule has 2 rings (SSSR count). The van der Waals surface area contributed by atoms with E-state index < -0.39 is 17.7 Å². The maximum absolute atomic E-state index is 13.2. The van der Waals surface area contributed by atoms with Crippen molar-refractivity contribution in [2.45, 2.75) is 6.04 Å². The van der Waals surface area contributed by atoms with Crippen LogP contribution in [0.15, 0.2) is 36.4 Å². The van der Waals surface area contributed by atoms with Crippen LogP contribution in [0.4, 0.5) is 8.78 Å². The predicted octanol–water partition coefficient (Wildman–Crippen LogP) is 3.03. The summed E-state index contributed by atoms with van der Waals surface area (Å²) in [5.41, 5.74) is 7.26. The average Bonchev–Trinajstić information content (AvgIpc) is 2.48. The number of hydrogen-bond acceptors (Lipinski definition) is 3. The molecule has 0 aromatic heterocycles. The first-order valence-electron chi connectivity index (χ1n) is 5.99. The van der Waals surface area contributed by atoms with Crippen molar-refractivity contribution in [1.82, 2.24) is 0 Å². The van der Waals surface area contributed by atoms with Crippen molar-refractivity contribution >= 4 is 0 Å². The molecule has 106 valence electrons. The molecule has 0 saturated heterocycles. The van der Waals surface area contributed by atoms with Crippen LogP contribution in [0.3, 0.4) is 0 Å². The highest BCUT2D eigenvalue weighted by molar-refractivity contribution is 5.45. The van der Waals surface area contributed by atoms with Crippen molar-refractivity contribution < 1.29 is 18.3 Å². The lowest BCUT2D eigenvalue weighted by atomic mass is 9.99. The van der Waals surface area contributed by atoms with E-state index in [9.17, 15) is 8.78 Å². The molecule has 0 amide bonds. The zero-order chi connectivity index (χ0) is 14.7. The molecule has 0 aliphatic rings. The molecule has 3 nitrogen and oxygen atoms in total. The third-order valence-corrected chi connectivity index (χ3v) is 3.07. The summed E-state index contributed by atoms with van der Waals surface area (Å²) in [4.78, 5) is 0. The second kappa shape index (κ2) is 5.88. The SMILES string of the molecule is COc1ccc(C(N)c2ccc(F)c(F)c2)cc1OC. The van der Waals surface area contributed by atoms with Gasteiger partial charge < -0.3 is 15.2 Å². The Morgan fingerprint density at radius 3 is 2.05 bits per heavy atom. The number of hydrogen-bond donors (Lipinski definition) is 1. The van der Waals surface area contributed by atoms with Gasteiger partial charge in [0.05, 0.1) is 20.3 Å². The van der Waals surface area contributed by atoms with E-state index in [1.165, 1.54) is 20.3 Å². The minimum Gasteiger partial charge on any atom is -0.493 e. The van der Waals surface area contributed by atoms with Crippen LogP contribution in [-0.2, 0) is 0 Å². The number of methoxy groups -OCH3 is 2. The minimum absolute atomic E-state index is 0.483. The van der Waals surface area contributed by atoms with Gasteiger partial charge in [-0.05, 0) is 35.4 Å². The van der Waals surface area contributed by atoms with E-state index in [0.717, 1.165) is 12.1 Å². The van der Waals surface area contributed by atoms with Gasteiger partial charge in [0.25, 0.3) is 0 Å². The first-order chi connectivity index (χ1) is 9.56. The molecule has 0 aliphatic heterocycles. The molecule has 0 spiro atoms. The maximum Gasteiger partial charge on any atom is 0.161 e. The number of halogens is 2. The van der Waals surface area contributed by atoms with Gasteiger partial charge >= 0.3 is 0 Å². The Morgan fingerprint density at radius 2 is 1.45 bits per heavy atom. The number of benzene rings is 2. The van der Waals surface area contributed by atoms with Crippen LogP contribution in [0.5, 0.6) is 11.5 Å². The lowest BCUT2D eigenvalue weighted by Crippen LogP contribution is -2.12. The molecule has 2 aromatic rings. The second-order valence-electron chi connectivity index (χ2n) is 4.27. The lowest BCUT2D eigenvalue weighted by molar-refractivity contribution is 0.354. The fourth-order valence-electron chi connectivity index (χ4n) is 1.94. The van der Waals surface area contributed by atoms with Gasteiger partial charge in [-0.1, -0.05) is 12.1 Å². The van der Waals surface area contributed by atoms with Crippen molar-refractivity contribution in [3.63, 3.8) is 0 Å². The van der Waals surface area contributed by atoms with Crippen molar-refractivity contribution in [1.29, 1.82) is 0 Å². The summed E-state index contributed by atoms with van der Waals surface area (Å²) in [7, 11) is 3.05. The van der Waals surface area contributed by atoms with Crippen molar-refractivity contribution in [2.75, 3.05) is 14.2 Å². The van der Waals surface area contributed by atoms with Crippen LogP contribution < -0.4 is 15.2 Å². The first-order valence-corrected chi connectivity index (χ1v) is 5.99. The molecule has 1 atom stereocenters. The van der Waals surface area contributed by atoms with Gasteiger partial charge in [-0.25, -0.2) is 8.78 Å². The van der Waals surface area contributed by atoms with Crippen LogP contribution in [0.25, 0.3) is 0 Å². The predicted molar refractivity (Wildman–Crippen MR) is 71.9 cm³/mol. The van der Waals surface area contributed by atoms with Gasteiger partial charge in [-0.15, -0.1) is 0 Å². The Bertz CT molecular complexity index is 617. The molecule has 0 fully saturated rings. The first kappa shape index (κ1) is 14.3. The normalized spacial score (nSPS) is 12.1. The minimum atomic E-state index is -0.918. The van der Waals surface area contributed by atoms with Gasteiger partial charge in [0.1, 0.15) is 0 Å². The fourth-order valence-corrected chi connectivity index (χ4v) is 1.94. The zero-order valence-corrected chi connectivity index (χ0v) is 11.2. The molecule has 2 aromatic carbocycles. The molecular formula is C15H15F2NO2. The summed E-state index contributed by atoms with van der Waals surface area (Å²) in [6.45, 7) is 0. The Labute approximate surface area is 115 Å². The molecule has 0 radical (unpaired) electrons. The highest BCUT2D eigenvalue weighted by atomic mass is 19.2. The lowest BCUT2D eigenvalue weighted by Gasteiger charge is -2.15. The number of nitrogens with two attached hydrogens (primary N) is 1. The molecular weight excluding hydrogens is 264 g/mol. The van der Waals surface area contributed by atoms with E-state index in [0.29, 0.717) is 22.6 Å². The van der Waals surface area contributed by atoms with Crippen molar-refractivity contribution in [2.24, 2.45) is 5.73 Å². The molecule has 0 bridgehead atoms. The molecule has 0 aliphatic carbocycles. The fraction of sp³-hybridized carbons (Fsp3) is 0.200. The summed E-state index contributed by atoms with van der Waals surface area (Å²) in [5.74, 6) is -0.705. The second-order valence-corrected chi connectivity index (χ2v) is 4.27. The summed E-state index contributed by atoms with van der Waals surface area (Å²) in [6, 6.07) is 8.22. The van der Waals surface area contributed by atoms with E-state index >= 15 is 0 Å². The van der Waals surface area contributed by atoms with Gasteiger partial charge in [-0.2, -0.15) is 0 Å². The van der Waals surface area contributed by atoms with Crippen LogP contribution in [0.1, 0.15) is 17.2 Å². The zero-order valence-electron chi connectivity index (χ0n) is 11.2. The Morgan fingerprint density at radius 1 is 0.850 bits per heavy atom. The third kappa shape index (κ3) is 2.72. The van der Waals surface area contributed by atoms with Crippen LogP contribution in [0, 0.1) is 11.6 Å². The monoisotopic (exact) mass is 279 g/mol. The number of ether oxygens (including phenoxy) is 2. The average molecular weight is 279 g/mol. The van der Waals surface area contributed by atoms with Crippen LogP contribution in [-0.4, -0.2) is 14.2 Å². The molecule has 20 heavy (non-hydrogen) atoms. The summed E-state index contributed by atoms with van der Waals surface area (Å²) >= 11 is 0. The summed E-state index contributed by atoms with van der Waals surface area (Å²) < 4.78 is 36.5. The molecule has 5 heteroatoms. The highest BCUT2D eigenvalue weighted by Gasteiger charge is 2.14. The van der Waals surface area contributed by atoms with Crippen molar-refractivity contribution in [3.05, 3.63) is 59.2 Å². The van der Waals surface area contributed by atoms with Crippen LogP contribution in [0.2, 0.25) is 0 Å². The van der Waals surface area contributed by atoms with Gasteiger partial charge in [0, 0.05) is 0 Å². The highest BCUT2D eigenvalue weighted by Crippen LogP contribution is 2.31. The smallest absolute Gasteiger partial charge is 0.161 e. The van der Waals surface area contributed by atoms with E-state index in [-0.39, 0.29) is 0 Å². The van der Waals surface area contributed by atoms with Crippen LogP contribution >= 0.6 is 0 Å². The summed E-state index contributed by atoms with van der Waals surface area (Å²) in [5, 5.41) is 0. The standard InChI is InChI=1S/C15H15F2NO2/c1-19-13-6-4-10(8-14(13)20-2)15(18)9-3-5-11(16)12(17)7-9/h3-8,15H,18H2,1-2H3. The van der Waals surface area contributed by atoms with Gasteiger partial charge in [0.15, 0.2) is 23.1 Å². The van der Waals surface area contributed by atoms with E-state index in [2.05, 4.69) is 0 Å². The van der Waals surface area contributed by atoms with Crippen molar-refractivity contribution in [3.8, 4) is 11.5 Å². The molecule has 0 heterocycles. The topological polar surface area (TPSA) is 44.5 Å². The van der Waals surface area contributed by atoms with E-state index in [1.807, 2.05) is 0 Å². The largest absolute Gasteiger partial charge is 0.493 e. The quantitative estimate of drug-likeness (QED) is 0.935. The van der Waals surface area contributed by atoms with Gasteiger partial charge in [0.2, 0.25) is 0 Å². The third-order valence-electron chi connectivity index (χ3n) is 3.07. The Kier molecular flexibility index (Phi) is 4.20. The van der Waals surface area contributed by atoms with E-state index in [1.54, 1.807) is 18.2 Å². The van der Waals surface area contributed by atoms with Gasteiger partial charge in [-0.3, -0.25) is 0 Å². The Hall–Kier alpha value is -2.14. The number of rotatable bonds is 4. The maximum atomic E-state index is 13.2. The molecule has 1 unspecified atom stereocenters. The Balaban J connectivity index is 2.37. The summed E-state index contributed by atoms with van der Waals surface area (Å²) in [6.07, 6.45) is 0. The van der Waals surface area contributed by atoms with E-state index in [4.69, 9.17) is 15.2 Å².